The lowest BCUT2D eigenvalue weighted by atomic mass is 10.1. The summed E-state index contributed by atoms with van der Waals surface area (Å²) in [4.78, 5) is 34.2. The molecule has 0 bridgehead atoms. The van der Waals surface area contributed by atoms with Crippen molar-refractivity contribution >= 4 is 29.3 Å². The van der Waals surface area contributed by atoms with Gasteiger partial charge in [-0.05, 0) is 37.3 Å². The van der Waals surface area contributed by atoms with Gasteiger partial charge >= 0.3 is 5.97 Å². The second-order valence-electron chi connectivity index (χ2n) is 5.81. The van der Waals surface area contributed by atoms with Gasteiger partial charge in [0.15, 0.2) is 6.10 Å². The second kappa shape index (κ2) is 9.88. The zero-order valence-electron chi connectivity index (χ0n) is 16.1. The van der Waals surface area contributed by atoms with Gasteiger partial charge < -0.3 is 19.5 Å². The highest BCUT2D eigenvalue weighted by atomic mass is 16.6. The number of nitrogens with zero attached hydrogens (tertiary/aromatic N) is 1. The second-order valence-corrected chi connectivity index (χ2v) is 5.81. The van der Waals surface area contributed by atoms with E-state index in [0.717, 1.165) is 0 Å². The van der Waals surface area contributed by atoms with Gasteiger partial charge in [-0.15, -0.1) is 0 Å². The Kier molecular flexibility index (Phi) is 7.30. The predicted molar refractivity (Wildman–Crippen MR) is 106 cm³/mol. The van der Waals surface area contributed by atoms with E-state index in [2.05, 4.69) is 5.32 Å². The van der Waals surface area contributed by atoms with Crippen molar-refractivity contribution in [1.82, 2.24) is 0 Å². The van der Waals surface area contributed by atoms with Gasteiger partial charge in [0.05, 0.1) is 19.1 Å². The molecular formula is C20H20N2O7. The van der Waals surface area contributed by atoms with E-state index >= 15 is 0 Å². The smallest absolute Gasteiger partial charge is 0.331 e. The van der Waals surface area contributed by atoms with Crippen LogP contribution in [0.1, 0.15) is 12.5 Å². The van der Waals surface area contributed by atoms with Crippen LogP contribution in [0, 0.1) is 10.1 Å². The molecule has 1 unspecified atom stereocenters. The van der Waals surface area contributed by atoms with Crippen LogP contribution < -0.4 is 14.8 Å². The zero-order chi connectivity index (χ0) is 21.4. The summed E-state index contributed by atoms with van der Waals surface area (Å²) in [5, 5.41) is 13.2. The van der Waals surface area contributed by atoms with Crippen molar-refractivity contribution in [2.24, 2.45) is 0 Å². The Hall–Kier alpha value is -3.88. The Bertz CT molecular complexity index is 923. The first-order chi connectivity index (χ1) is 13.8. The third kappa shape index (κ3) is 6.06. The SMILES string of the molecule is COc1ccc(/C=C/C(=O)OC(C)C(=O)Nc2ccc([N+](=O)[O-])cc2)c(OC)c1. The number of esters is 1. The molecule has 1 atom stereocenters. The number of carbonyl (C=O) groups excluding carboxylic acids is 2. The van der Waals surface area contributed by atoms with Crippen LogP contribution in [0.15, 0.2) is 48.5 Å². The molecule has 0 aliphatic carbocycles. The van der Waals surface area contributed by atoms with Crippen LogP contribution >= 0.6 is 0 Å². The molecule has 1 amide bonds. The number of nitro groups is 1. The van der Waals surface area contributed by atoms with Gasteiger partial charge in [-0.25, -0.2) is 4.79 Å². The Balaban J connectivity index is 1.95. The van der Waals surface area contributed by atoms with Crippen LogP contribution in [0.25, 0.3) is 6.08 Å². The molecule has 0 radical (unpaired) electrons. The molecule has 29 heavy (non-hydrogen) atoms. The molecule has 152 valence electrons. The van der Waals surface area contributed by atoms with E-state index < -0.39 is 22.9 Å². The quantitative estimate of drug-likeness (QED) is 0.313. The topological polar surface area (TPSA) is 117 Å². The number of nitro benzene ring substituents is 1. The maximum Gasteiger partial charge on any atom is 0.331 e. The first-order valence-corrected chi connectivity index (χ1v) is 8.50. The molecule has 0 aliphatic rings. The molecule has 0 aromatic heterocycles. The maximum atomic E-state index is 12.1. The molecule has 9 nitrogen and oxygen atoms in total. The van der Waals surface area contributed by atoms with E-state index in [4.69, 9.17) is 14.2 Å². The molecule has 0 spiro atoms. The summed E-state index contributed by atoms with van der Waals surface area (Å²) in [6.45, 7) is 1.42. The molecule has 2 rings (SSSR count). The summed E-state index contributed by atoms with van der Waals surface area (Å²) >= 11 is 0. The fourth-order valence-corrected chi connectivity index (χ4v) is 2.29. The zero-order valence-corrected chi connectivity index (χ0v) is 16.1. The number of rotatable bonds is 8. The van der Waals surface area contributed by atoms with Crippen LogP contribution in [-0.2, 0) is 14.3 Å². The summed E-state index contributed by atoms with van der Waals surface area (Å²) in [7, 11) is 3.03. The van der Waals surface area contributed by atoms with Crippen molar-refractivity contribution in [3.05, 3.63) is 64.2 Å². The van der Waals surface area contributed by atoms with Crippen LogP contribution in [-0.4, -0.2) is 37.1 Å². The summed E-state index contributed by atoms with van der Waals surface area (Å²) in [6.07, 6.45) is 1.61. The minimum absolute atomic E-state index is 0.0958. The van der Waals surface area contributed by atoms with Gasteiger partial charge in [-0.1, -0.05) is 0 Å². The van der Waals surface area contributed by atoms with E-state index in [9.17, 15) is 19.7 Å². The van der Waals surface area contributed by atoms with Crippen LogP contribution in [0.3, 0.4) is 0 Å². The molecule has 0 saturated heterocycles. The van der Waals surface area contributed by atoms with Gasteiger partial charge in [0.1, 0.15) is 11.5 Å². The van der Waals surface area contributed by atoms with Crippen LogP contribution in [0.4, 0.5) is 11.4 Å². The van der Waals surface area contributed by atoms with Crippen LogP contribution in [0.5, 0.6) is 11.5 Å². The Morgan fingerprint density at radius 2 is 1.79 bits per heavy atom. The molecule has 1 N–H and O–H groups in total. The van der Waals surface area contributed by atoms with Crippen molar-refractivity contribution in [3.63, 3.8) is 0 Å². The van der Waals surface area contributed by atoms with Crippen molar-refractivity contribution in [3.8, 4) is 11.5 Å². The summed E-state index contributed by atoms with van der Waals surface area (Å²) in [6, 6.07) is 10.4. The summed E-state index contributed by atoms with van der Waals surface area (Å²) < 4.78 is 15.4. The van der Waals surface area contributed by atoms with E-state index in [1.165, 1.54) is 57.6 Å². The first kappa shape index (κ1) is 21.4. The van der Waals surface area contributed by atoms with Gasteiger partial charge in [0.2, 0.25) is 0 Å². The summed E-state index contributed by atoms with van der Waals surface area (Å²) in [5.74, 6) is -0.160. The maximum absolute atomic E-state index is 12.1. The highest BCUT2D eigenvalue weighted by molar-refractivity contribution is 5.96. The average molecular weight is 400 g/mol. The first-order valence-electron chi connectivity index (χ1n) is 8.50. The molecule has 0 aliphatic heterocycles. The third-order valence-corrected chi connectivity index (χ3v) is 3.85. The Morgan fingerprint density at radius 1 is 1.10 bits per heavy atom. The number of anilines is 1. The lowest BCUT2D eigenvalue weighted by Crippen LogP contribution is -2.29. The van der Waals surface area contributed by atoms with Crippen molar-refractivity contribution in [2.75, 3.05) is 19.5 Å². The molecule has 9 heteroatoms. The number of carbonyl (C=O) groups is 2. The van der Waals surface area contributed by atoms with E-state index in [1.54, 1.807) is 18.2 Å². The van der Waals surface area contributed by atoms with Crippen molar-refractivity contribution in [2.45, 2.75) is 13.0 Å². The van der Waals surface area contributed by atoms with Gasteiger partial charge in [-0.3, -0.25) is 14.9 Å². The van der Waals surface area contributed by atoms with Crippen molar-refractivity contribution < 1.29 is 28.7 Å². The van der Waals surface area contributed by atoms with Gasteiger partial charge in [0, 0.05) is 35.5 Å². The van der Waals surface area contributed by atoms with E-state index in [1.807, 2.05) is 0 Å². The lowest BCUT2D eigenvalue weighted by molar-refractivity contribution is -0.384. The standard InChI is InChI=1S/C20H20N2O7/c1-13(20(24)21-15-6-8-16(9-7-15)22(25)26)29-19(23)11-5-14-4-10-17(27-2)12-18(14)28-3/h4-13H,1-3H3,(H,21,24)/b11-5+. The molecule has 2 aromatic rings. The molecule has 0 heterocycles. The molecule has 0 fully saturated rings. The van der Waals surface area contributed by atoms with Gasteiger partial charge in [0.25, 0.3) is 11.6 Å². The van der Waals surface area contributed by atoms with E-state index in [0.29, 0.717) is 22.7 Å². The molecular weight excluding hydrogens is 380 g/mol. The highest BCUT2D eigenvalue weighted by Crippen LogP contribution is 2.25. The number of benzene rings is 2. The lowest BCUT2D eigenvalue weighted by Gasteiger charge is -2.12. The predicted octanol–water partition coefficient (Wildman–Crippen LogP) is 3.20. The van der Waals surface area contributed by atoms with Gasteiger partial charge in [-0.2, -0.15) is 0 Å². The summed E-state index contributed by atoms with van der Waals surface area (Å²) in [5.41, 5.74) is 0.886. The van der Waals surface area contributed by atoms with E-state index in [-0.39, 0.29) is 5.69 Å². The third-order valence-electron chi connectivity index (χ3n) is 3.85. The molecule has 2 aromatic carbocycles. The Labute approximate surface area is 167 Å². The fourth-order valence-electron chi connectivity index (χ4n) is 2.29. The number of ether oxygens (including phenoxy) is 3. The number of hydrogen-bond acceptors (Lipinski definition) is 7. The largest absolute Gasteiger partial charge is 0.497 e. The monoisotopic (exact) mass is 400 g/mol. The highest BCUT2D eigenvalue weighted by Gasteiger charge is 2.17. The number of methoxy groups -OCH3 is 2. The number of hydrogen-bond donors (Lipinski definition) is 1. The minimum atomic E-state index is -1.07. The Morgan fingerprint density at radius 3 is 2.38 bits per heavy atom. The minimum Gasteiger partial charge on any atom is -0.497 e. The fraction of sp³-hybridized carbons (Fsp3) is 0.200. The number of nitrogens with one attached hydrogen (secondary N) is 1. The average Bonchev–Trinajstić information content (AvgIpc) is 2.72. The normalized spacial score (nSPS) is 11.6. The van der Waals surface area contributed by atoms with Crippen LogP contribution in [0.2, 0.25) is 0 Å². The van der Waals surface area contributed by atoms with Crippen molar-refractivity contribution in [1.29, 1.82) is 0 Å². The molecule has 0 saturated carbocycles. The number of non-ortho nitro benzene ring substituents is 1. The number of amides is 1.